The molecule has 2 unspecified atom stereocenters. The molecule has 1 aliphatic heterocycles. The Hall–Kier alpha value is 0.210. The highest BCUT2D eigenvalue weighted by atomic mass is 35.5. The SMILES string of the molecule is CC1CCCC(N(C)CCC2CCNCC2)C1.Cl. The van der Waals surface area contributed by atoms with Gasteiger partial charge in [0.2, 0.25) is 0 Å². The van der Waals surface area contributed by atoms with Crippen LogP contribution in [0.2, 0.25) is 0 Å². The molecule has 1 saturated heterocycles. The van der Waals surface area contributed by atoms with E-state index in [0.29, 0.717) is 0 Å². The van der Waals surface area contributed by atoms with E-state index in [1.54, 1.807) is 0 Å². The van der Waals surface area contributed by atoms with Crippen LogP contribution in [0.15, 0.2) is 0 Å². The topological polar surface area (TPSA) is 15.3 Å². The van der Waals surface area contributed by atoms with Gasteiger partial charge in [-0.2, -0.15) is 0 Å². The lowest BCUT2D eigenvalue weighted by Gasteiger charge is -2.35. The molecule has 1 aliphatic carbocycles. The average molecular weight is 275 g/mol. The highest BCUT2D eigenvalue weighted by molar-refractivity contribution is 5.85. The Morgan fingerprint density at radius 1 is 1.11 bits per heavy atom. The van der Waals surface area contributed by atoms with Crippen LogP contribution in [0.25, 0.3) is 0 Å². The zero-order valence-electron chi connectivity index (χ0n) is 12.2. The summed E-state index contributed by atoms with van der Waals surface area (Å²) in [5.74, 6) is 1.94. The summed E-state index contributed by atoms with van der Waals surface area (Å²) in [6, 6.07) is 0.875. The lowest BCUT2D eigenvalue weighted by atomic mass is 9.86. The average Bonchev–Trinajstić information content (AvgIpc) is 2.37. The maximum atomic E-state index is 3.46. The van der Waals surface area contributed by atoms with Gasteiger partial charge in [0, 0.05) is 6.04 Å². The Labute approximate surface area is 119 Å². The third kappa shape index (κ3) is 5.07. The predicted octanol–water partition coefficient (Wildman–Crippen LogP) is 3.31. The second kappa shape index (κ2) is 8.39. The van der Waals surface area contributed by atoms with Crippen molar-refractivity contribution in [3.05, 3.63) is 0 Å². The lowest BCUT2D eigenvalue weighted by molar-refractivity contribution is 0.151. The van der Waals surface area contributed by atoms with Crippen LogP contribution in [0.4, 0.5) is 0 Å². The van der Waals surface area contributed by atoms with E-state index in [0.717, 1.165) is 17.9 Å². The molecule has 2 rings (SSSR count). The van der Waals surface area contributed by atoms with E-state index in [9.17, 15) is 0 Å². The van der Waals surface area contributed by atoms with Gasteiger partial charge in [-0.1, -0.05) is 19.8 Å². The minimum absolute atomic E-state index is 0. The lowest BCUT2D eigenvalue weighted by Crippen LogP contribution is -2.37. The van der Waals surface area contributed by atoms with Gasteiger partial charge in [-0.25, -0.2) is 0 Å². The molecule has 108 valence electrons. The molecule has 18 heavy (non-hydrogen) atoms. The van der Waals surface area contributed by atoms with Crippen molar-refractivity contribution in [2.24, 2.45) is 11.8 Å². The summed E-state index contributed by atoms with van der Waals surface area (Å²) in [6.07, 6.45) is 9.99. The van der Waals surface area contributed by atoms with E-state index < -0.39 is 0 Å². The Morgan fingerprint density at radius 2 is 1.83 bits per heavy atom. The van der Waals surface area contributed by atoms with Gasteiger partial charge in [-0.3, -0.25) is 0 Å². The first-order valence-electron chi connectivity index (χ1n) is 7.66. The van der Waals surface area contributed by atoms with Crippen LogP contribution < -0.4 is 5.32 Å². The monoisotopic (exact) mass is 274 g/mol. The van der Waals surface area contributed by atoms with Gasteiger partial charge in [0.15, 0.2) is 0 Å². The maximum absolute atomic E-state index is 3.46. The molecule has 3 heteroatoms. The van der Waals surface area contributed by atoms with Crippen molar-refractivity contribution in [2.45, 2.75) is 57.9 Å². The van der Waals surface area contributed by atoms with Crippen molar-refractivity contribution in [3.63, 3.8) is 0 Å². The smallest absolute Gasteiger partial charge is 0.00947 e. The molecule has 0 amide bonds. The summed E-state index contributed by atoms with van der Waals surface area (Å²) in [5.41, 5.74) is 0. The van der Waals surface area contributed by atoms with Crippen LogP contribution in [0.3, 0.4) is 0 Å². The molecule has 2 nitrogen and oxygen atoms in total. The molecule has 2 aliphatic rings. The van der Waals surface area contributed by atoms with E-state index >= 15 is 0 Å². The van der Waals surface area contributed by atoms with E-state index in [2.05, 4.69) is 24.2 Å². The zero-order valence-corrected chi connectivity index (χ0v) is 13.0. The Kier molecular flexibility index (Phi) is 7.59. The number of nitrogens with one attached hydrogen (secondary N) is 1. The molecule has 0 aromatic heterocycles. The number of nitrogens with zero attached hydrogens (tertiary/aromatic N) is 1. The molecule has 0 radical (unpaired) electrons. The third-order valence-corrected chi connectivity index (χ3v) is 4.88. The summed E-state index contributed by atoms with van der Waals surface area (Å²) < 4.78 is 0. The summed E-state index contributed by atoms with van der Waals surface area (Å²) in [7, 11) is 2.35. The number of piperidine rings is 1. The molecule has 0 aromatic rings. The molecule has 2 atom stereocenters. The minimum Gasteiger partial charge on any atom is -0.317 e. The van der Waals surface area contributed by atoms with Crippen molar-refractivity contribution >= 4 is 12.4 Å². The third-order valence-electron chi connectivity index (χ3n) is 4.88. The number of hydrogen-bond donors (Lipinski definition) is 1. The maximum Gasteiger partial charge on any atom is 0.00947 e. The highest BCUT2D eigenvalue weighted by Crippen LogP contribution is 2.27. The van der Waals surface area contributed by atoms with Gasteiger partial charge in [-0.05, 0) is 70.6 Å². The first-order valence-corrected chi connectivity index (χ1v) is 7.66. The molecule has 1 N–H and O–H groups in total. The molecule has 2 fully saturated rings. The molecule has 1 saturated carbocycles. The van der Waals surface area contributed by atoms with Gasteiger partial charge < -0.3 is 10.2 Å². The zero-order chi connectivity index (χ0) is 12.1. The van der Waals surface area contributed by atoms with Crippen LogP contribution in [0, 0.1) is 11.8 Å². The van der Waals surface area contributed by atoms with E-state index in [1.165, 1.54) is 64.6 Å². The van der Waals surface area contributed by atoms with Gasteiger partial charge >= 0.3 is 0 Å². The van der Waals surface area contributed by atoms with E-state index in [4.69, 9.17) is 0 Å². The van der Waals surface area contributed by atoms with Crippen molar-refractivity contribution < 1.29 is 0 Å². The fraction of sp³-hybridized carbons (Fsp3) is 1.00. The van der Waals surface area contributed by atoms with Gasteiger partial charge in [0.05, 0.1) is 0 Å². The van der Waals surface area contributed by atoms with E-state index in [-0.39, 0.29) is 12.4 Å². The van der Waals surface area contributed by atoms with Gasteiger partial charge in [-0.15, -0.1) is 12.4 Å². The fourth-order valence-electron chi connectivity index (χ4n) is 3.54. The number of hydrogen-bond acceptors (Lipinski definition) is 2. The van der Waals surface area contributed by atoms with Crippen LogP contribution in [0.1, 0.15) is 51.9 Å². The van der Waals surface area contributed by atoms with Crippen molar-refractivity contribution in [1.82, 2.24) is 10.2 Å². The molecule has 0 spiro atoms. The van der Waals surface area contributed by atoms with Crippen LogP contribution in [-0.4, -0.2) is 37.6 Å². The van der Waals surface area contributed by atoms with Crippen LogP contribution >= 0.6 is 12.4 Å². The molecule has 0 aromatic carbocycles. The predicted molar refractivity (Wildman–Crippen MR) is 81.5 cm³/mol. The fourth-order valence-corrected chi connectivity index (χ4v) is 3.54. The molecule has 0 bridgehead atoms. The van der Waals surface area contributed by atoms with Crippen molar-refractivity contribution in [2.75, 3.05) is 26.7 Å². The first-order chi connectivity index (χ1) is 8.25. The standard InChI is InChI=1S/C15H30N2.ClH/c1-13-4-3-5-15(12-13)17(2)11-8-14-6-9-16-10-7-14;/h13-16H,3-12H2,1-2H3;1H. The number of rotatable bonds is 4. The molecule has 1 heterocycles. The Balaban J connectivity index is 0.00000162. The first kappa shape index (κ1) is 16.3. The normalized spacial score (nSPS) is 30.2. The Morgan fingerprint density at radius 3 is 2.50 bits per heavy atom. The summed E-state index contributed by atoms with van der Waals surface area (Å²) in [4.78, 5) is 2.65. The molecular formula is C15H31ClN2. The van der Waals surface area contributed by atoms with Gasteiger partial charge in [0.25, 0.3) is 0 Å². The quantitative estimate of drug-likeness (QED) is 0.846. The Bertz CT molecular complexity index is 217. The van der Waals surface area contributed by atoms with Gasteiger partial charge in [0.1, 0.15) is 0 Å². The summed E-state index contributed by atoms with van der Waals surface area (Å²) in [5, 5.41) is 3.46. The highest BCUT2D eigenvalue weighted by Gasteiger charge is 2.23. The van der Waals surface area contributed by atoms with Crippen LogP contribution in [-0.2, 0) is 0 Å². The summed E-state index contributed by atoms with van der Waals surface area (Å²) in [6.45, 7) is 6.23. The van der Waals surface area contributed by atoms with Crippen molar-refractivity contribution in [3.8, 4) is 0 Å². The van der Waals surface area contributed by atoms with Crippen LogP contribution in [0.5, 0.6) is 0 Å². The van der Waals surface area contributed by atoms with Crippen molar-refractivity contribution in [1.29, 1.82) is 0 Å². The largest absolute Gasteiger partial charge is 0.317 e. The number of halogens is 1. The second-order valence-electron chi connectivity index (χ2n) is 6.39. The molecular weight excluding hydrogens is 244 g/mol. The van der Waals surface area contributed by atoms with E-state index in [1.807, 2.05) is 0 Å². The second-order valence-corrected chi connectivity index (χ2v) is 6.39. The summed E-state index contributed by atoms with van der Waals surface area (Å²) >= 11 is 0. The minimum atomic E-state index is 0.